The lowest BCUT2D eigenvalue weighted by molar-refractivity contribution is -0.144. The predicted octanol–water partition coefficient (Wildman–Crippen LogP) is 2.24. The summed E-state index contributed by atoms with van der Waals surface area (Å²) in [5.41, 5.74) is 1.14. The third kappa shape index (κ3) is 3.66. The molecule has 1 aromatic carbocycles. The molecule has 1 rings (SSSR count). The molecular weight excluding hydrogens is 202 g/mol. The normalized spacial score (nSPS) is 12.5. The zero-order valence-corrected chi connectivity index (χ0v) is 10.1. The highest BCUT2D eigenvalue weighted by Gasteiger charge is 2.18. The van der Waals surface area contributed by atoms with Gasteiger partial charge in [0.05, 0.1) is 13.0 Å². The van der Waals surface area contributed by atoms with E-state index in [2.05, 4.69) is 0 Å². The van der Waals surface area contributed by atoms with E-state index in [1.165, 1.54) is 0 Å². The molecule has 0 heterocycles. The summed E-state index contributed by atoms with van der Waals surface area (Å²) in [6.45, 7) is 2.26. The zero-order valence-electron chi connectivity index (χ0n) is 10.1. The lowest BCUT2D eigenvalue weighted by Crippen LogP contribution is -2.23. The van der Waals surface area contributed by atoms with Crippen molar-refractivity contribution in [2.75, 3.05) is 20.7 Å². The van der Waals surface area contributed by atoms with E-state index in [1.807, 2.05) is 56.3 Å². The molecule has 0 N–H and O–H groups in total. The van der Waals surface area contributed by atoms with Gasteiger partial charge >= 0.3 is 5.97 Å². The molecule has 3 nitrogen and oxygen atoms in total. The molecule has 0 unspecified atom stereocenters. The van der Waals surface area contributed by atoms with Gasteiger partial charge in [0.15, 0.2) is 0 Å². The minimum absolute atomic E-state index is 0.0836. The van der Waals surface area contributed by atoms with Crippen molar-refractivity contribution in [1.82, 2.24) is 4.90 Å². The molecule has 0 saturated carbocycles. The number of carbonyl (C=O) groups excluding carboxylic acids is 1. The summed E-state index contributed by atoms with van der Waals surface area (Å²) in [5.74, 6) is -0.148. The summed E-state index contributed by atoms with van der Waals surface area (Å²) < 4.78 is 4.98. The second-order valence-electron chi connectivity index (χ2n) is 3.90. The van der Waals surface area contributed by atoms with E-state index in [9.17, 15) is 4.79 Å². The average molecular weight is 221 g/mol. The average Bonchev–Trinajstić information content (AvgIpc) is 2.27. The van der Waals surface area contributed by atoms with E-state index in [1.54, 1.807) is 0 Å². The Kier molecular flexibility index (Phi) is 4.99. The highest BCUT2D eigenvalue weighted by molar-refractivity contribution is 5.70. The minimum atomic E-state index is -0.148. The molecule has 0 bridgehead atoms. The first-order chi connectivity index (χ1) is 7.65. The van der Waals surface area contributed by atoms with E-state index in [0.717, 1.165) is 5.56 Å². The Morgan fingerprint density at radius 1 is 1.31 bits per heavy atom. The molecule has 0 aliphatic heterocycles. The SMILES string of the molecule is CCOC(=O)C[C@H](c1ccccc1)N(C)C. The smallest absolute Gasteiger partial charge is 0.307 e. The van der Waals surface area contributed by atoms with Crippen molar-refractivity contribution in [2.45, 2.75) is 19.4 Å². The highest BCUT2D eigenvalue weighted by Crippen LogP contribution is 2.21. The van der Waals surface area contributed by atoms with Gasteiger partial charge in [0.2, 0.25) is 0 Å². The van der Waals surface area contributed by atoms with Crippen LogP contribution >= 0.6 is 0 Å². The highest BCUT2D eigenvalue weighted by atomic mass is 16.5. The van der Waals surface area contributed by atoms with E-state index in [4.69, 9.17) is 4.74 Å². The molecule has 16 heavy (non-hydrogen) atoms. The quantitative estimate of drug-likeness (QED) is 0.714. The van der Waals surface area contributed by atoms with Gasteiger partial charge < -0.3 is 9.64 Å². The van der Waals surface area contributed by atoms with Gasteiger partial charge in [-0.3, -0.25) is 4.79 Å². The Morgan fingerprint density at radius 2 is 1.94 bits per heavy atom. The van der Waals surface area contributed by atoms with Crippen LogP contribution in [0.2, 0.25) is 0 Å². The Hall–Kier alpha value is -1.35. The van der Waals surface area contributed by atoms with Crippen molar-refractivity contribution >= 4 is 5.97 Å². The van der Waals surface area contributed by atoms with Crippen LogP contribution in [0.1, 0.15) is 24.9 Å². The Labute approximate surface area is 97.0 Å². The van der Waals surface area contributed by atoms with Crippen LogP contribution < -0.4 is 0 Å². The van der Waals surface area contributed by atoms with Crippen molar-refractivity contribution in [2.24, 2.45) is 0 Å². The zero-order chi connectivity index (χ0) is 12.0. The molecule has 0 aliphatic rings. The molecule has 0 saturated heterocycles. The fourth-order valence-electron chi connectivity index (χ4n) is 1.65. The number of carbonyl (C=O) groups is 1. The minimum Gasteiger partial charge on any atom is -0.466 e. The van der Waals surface area contributed by atoms with Crippen LogP contribution in [0, 0.1) is 0 Å². The van der Waals surface area contributed by atoms with Gasteiger partial charge in [0, 0.05) is 6.04 Å². The molecule has 0 spiro atoms. The maximum Gasteiger partial charge on any atom is 0.307 e. The number of benzene rings is 1. The van der Waals surface area contributed by atoms with Gasteiger partial charge in [0.1, 0.15) is 0 Å². The van der Waals surface area contributed by atoms with Crippen molar-refractivity contribution < 1.29 is 9.53 Å². The molecule has 0 radical (unpaired) electrons. The van der Waals surface area contributed by atoms with Crippen LogP contribution in [0.4, 0.5) is 0 Å². The van der Waals surface area contributed by atoms with Gasteiger partial charge in [-0.05, 0) is 26.6 Å². The molecule has 88 valence electrons. The number of ether oxygens (including phenoxy) is 1. The molecule has 1 aromatic rings. The van der Waals surface area contributed by atoms with Crippen LogP contribution in [0.15, 0.2) is 30.3 Å². The maximum atomic E-state index is 11.5. The summed E-state index contributed by atoms with van der Waals surface area (Å²) in [7, 11) is 3.94. The second-order valence-corrected chi connectivity index (χ2v) is 3.90. The second kappa shape index (κ2) is 6.28. The van der Waals surface area contributed by atoms with Crippen LogP contribution in [0.5, 0.6) is 0 Å². The third-order valence-electron chi connectivity index (χ3n) is 2.47. The van der Waals surface area contributed by atoms with E-state index in [0.29, 0.717) is 13.0 Å². The molecule has 1 atom stereocenters. The first-order valence-electron chi connectivity index (χ1n) is 5.52. The van der Waals surface area contributed by atoms with Crippen LogP contribution in [-0.2, 0) is 9.53 Å². The summed E-state index contributed by atoms with van der Waals surface area (Å²) >= 11 is 0. The first-order valence-corrected chi connectivity index (χ1v) is 5.52. The number of nitrogens with zero attached hydrogens (tertiary/aromatic N) is 1. The Balaban J connectivity index is 2.73. The standard InChI is InChI=1S/C13H19NO2/c1-4-16-13(15)10-12(14(2)3)11-8-6-5-7-9-11/h5-9,12H,4,10H2,1-3H3/t12-/m1/s1. The third-order valence-corrected chi connectivity index (χ3v) is 2.47. The first kappa shape index (κ1) is 12.7. The van der Waals surface area contributed by atoms with Gasteiger partial charge in [-0.1, -0.05) is 30.3 Å². The van der Waals surface area contributed by atoms with Crippen LogP contribution in [0.3, 0.4) is 0 Å². The predicted molar refractivity (Wildman–Crippen MR) is 64.1 cm³/mol. The number of esters is 1. The topological polar surface area (TPSA) is 29.5 Å². The van der Waals surface area contributed by atoms with Crippen LogP contribution in [-0.4, -0.2) is 31.6 Å². The van der Waals surface area contributed by atoms with E-state index < -0.39 is 0 Å². The summed E-state index contributed by atoms with van der Waals surface area (Å²) in [6.07, 6.45) is 0.394. The van der Waals surface area contributed by atoms with Crippen molar-refractivity contribution in [3.8, 4) is 0 Å². The number of hydrogen-bond donors (Lipinski definition) is 0. The molecule has 0 aliphatic carbocycles. The Bertz CT molecular complexity index is 322. The number of hydrogen-bond acceptors (Lipinski definition) is 3. The molecular formula is C13H19NO2. The lowest BCUT2D eigenvalue weighted by atomic mass is 10.0. The Morgan fingerprint density at radius 3 is 2.44 bits per heavy atom. The van der Waals surface area contributed by atoms with E-state index >= 15 is 0 Å². The summed E-state index contributed by atoms with van der Waals surface area (Å²) in [6, 6.07) is 10.1. The number of rotatable bonds is 5. The molecule has 3 heteroatoms. The van der Waals surface area contributed by atoms with Gasteiger partial charge in [-0.2, -0.15) is 0 Å². The van der Waals surface area contributed by atoms with Gasteiger partial charge in [-0.15, -0.1) is 0 Å². The molecule has 0 amide bonds. The van der Waals surface area contributed by atoms with Crippen LogP contribution in [0.25, 0.3) is 0 Å². The molecule has 0 fully saturated rings. The lowest BCUT2D eigenvalue weighted by Gasteiger charge is -2.23. The van der Waals surface area contributed by atoms with Gasteiger partial charge in [-0.25, -0.2) is 0 Å². The van der Waals surface area contributed by atoms with Crippen molar-refractivity contribution in [3.05, 3.63) is 35.9 Å². The largest absolute Gasteiger partial charge is 0.466 e. The van der Waals surface area contributed by atoms with Gasteiger partial charge in [0.25, 0.3) is 0 Å². The molecule has 0 aromatic heterocycles. The maximum absolute atomic E-state index is 11.5. The van der Waals surface area contributed by atoms with Crippen molar-refractivity contribution in [3.63, 3.8) is 0 Å². The monoisotopic (exact) mass is 221 g/mol. The fourth-order valence-corrected chi connectivity index (χ4v) is 1.65. The summed E-state index contributed by atoms with van der Waals surface area (Å²) in [5, 5.41) is 0. The fraction of sp³-hybridized carbons (Fsp3) is 0.462. The van der Waals surface area contributed by atoms with E-state index in [-0.39, 0.29) is 12.0 Å². The van der Waals surface area contributed by atoms with Crippen molar-refractivity contribution in [1.29, 1.82) is 0 Å². The summed E-state index contributed by atoms with van der Waals surface area (Å²) in [4.78, 5) is 13.5.